The van der Waals surface area contributed by atoms with Crippen molar-refractivity contribution in [3.63, 3.8) is 0 Å². The van der Waals surface area contributed by atoms with Gasteiger partial charge in [0.1, 0.15) is 13.2 Å². The molecule has 1 amide bonds. The lowest BCUT2D eigenvalue weighted by atomic mass is 10.0. The van der Waals surface area contributed by atoms with Crippen LogP contribution in [0.1, 0.15) is 251 Å². The molecule has 0 spiro atoms. The minimum absolute atomic E-state index is 0.0134. The zero-order valence-electron chi connectivity index (χ0n) is 41.1. The van der Waals surface area contributed by atoms with Crippen molar-refractivity contribution >= 4 is 13.7 Å². The fourth-order valence-corrected chi connectivity index (χ4v) is 8.50. The molecule has 362 valence electrons. The summed E-state index contributed by atoms with van der Waals surface area (Å²) in [5.41, 5.74) is 0. The van der Waals surface area contributed by atoms with Gasteiger partial charge in [-0.1, -0.05) is 224 Å². The number of aliphatic hydroxyl groups excluding tert-OH is 1. The van der Waals surface area contributed by atoms with E-state index in [1.807, 2.05) is 21.1 Å². The number of amides is 1. The average molecular weight is 883 g/mol. The quantitative estimate of drug-likeness (QED) is 0.0273. The number of likely N-dealkylation sites (N-methyl/N-ethyl adjacent to an activating group) is 1. The first kappa shape index (κ1) is 60.0. The van der Waals surface area contributed by atoms with Crippen LogP contribution in [0, 0.1) is 0 Å². The number of phosphoric acid groups is 1. The second kappa shape index (κ2) is 44.2. The first-order valence-electron chi connectivity index (χ1n) is 26.2. The Morgan fingerprint density at radius 2 is 0.951 bits per heavy atom. The van der Waals surface area contributed by atoms with E-state index in [0.29, 0.717) is 23.9 Å². The summed E-state index contributed by atoms with van der Waals surface area (Å²) >= 11 is 0. The van der Waals surface area contributed by atoms with Crippen molar-refractivity contribution in [3.05, 3.63) is 24.3 Å². The number of hydrogen-bond donors (Lipinski definition) is 2. The molecule has 0 heterocycles. The summed E-state index contributed by atoms with van der Waals surface area (Å²) in [6, 6.07) is -0.798. The second-order valence-corrected chi connectivity index (χ2v) is 20.6. The third-order valence-corrected chi connectivity index (χ3v) is 12.9. The maximum Gasteiger partial charge on any atom is 0.268 e. The lowest BCUT2D eigenvalue weighted by Crippen LogP contribution is -2.46. The summed E-state index contributed by atoms with van der Waals surface area (Å²) in [5, 5.41) is 14.0. The van der Waals surface area contributed by atoms with E-state index < -0.39 is 20.0 Å². The highest BCUT2D eigenvalue weighted by Gasteiger charge is 2.24. The number of carbonyl (C=O) groups is 1. The van der Waals surface area contributed by atoms with Crippen molar-refractivity contribution in [3.8, 4) is 0 Å². The first-order valence-corrected chi connectivity index (χ1v) is 27.6. The Kier molecular flexibility index (Phi) is 43.5. The number of phosphoric ester groups is 1. The van der Waals surface area contributed by atoms with Gasteiger partial charge in [-0.15, -0.1) is 0 Å². The van der Waals surface area contributed by atoms with Crippen LogP contribution < -0.4 is 10.2 Å². The summed E-state index contributed by atoms with van der Waals surface area (Å²) in [4.78, 5) is 25.4. The molecule has 0 aliphatic rings. The summed E-state index contributed by atoms with van der Waals surface area (Å²) in [5.74, 6) is -0.164. The van der Waals surface area contributed by atoms with Gasteiger partial charge in [-0.05, 0) is 44.9 Å². The molecule has 0 aromatic carbocycles. The van der Waals surface area contributed by atoms with E-state index >= 15 is 0 Å². The van der Waals surface area contributed by atoms with Crippen molar-refractivity contribution in [1.29, 1.82) is 0 Å². The van der Waals surface area contributed by atoms with Gasteiger partial charge in [-0.2, -0.15) is 0 Å². The van der Waals surface area contributed by atoms with Gasteiger partial charge in [-0.25, -0.2) is 0 Å². The molecule has 3 atom stereocenters. The summed E-state index contributed by atoms with van der Waals surface area (Å²) in [6.07, 6.45) is 53.3. The molecule has 0 aliphatic carbocycles. The molecule has 0 aromatic heterocycles. The zero-order valence-corrected chi connectivity index (χ0v) is 42.0. The molecule has 2 N–H and O–H groups in total. The molecule has 0 radical (unpaired) electrons. The van der Waals surface area contributed by atoms with Crippen molar-refractivity contribution < 1.29 is 32.9 Å². The smallest absolute Gasteiger partial charge is 0.268 e. The number of nitrogens with one attached hydrogen (secondary N) is 1. The number of aliphatic hydroxyl groups is 1. The van der Waals surface area contributed by atoms with Crippen LogP contribution in [0.3, 0.4) is 0 Å². The highest BCUT2D eigenvalue weighted by Crippen LogP contribution is 2.38. The Balaban J connectivity index is 4.16. The molecule has 61 heavy (non-hydrogen) atoms. The Bertz CT molecular complexity index is 1050. The lowest BCUT2D eigenvalue weighted by Gasteiger charge is -2.30. The topological polar surface area (TPSA) is 108 Å². The maximum absolute atomic E-state index is 12.9. The Labute approximate surface area is 379 Å². The summed E-state index contributed by atoms with van der Waals surface area (Å²) in [6.45, 7) is 4.73. The molecule has 8 nitrogen and oxygen atoms in total. The number of unbranched alkanes of at least 4 members (excludes halogenated alkanes) is 31. The number of carbonyl (C=O) groups excluding carboxylic acids is 1. The van der Waals surface area contributed by atoms with Gasteiger partial charge in [-0.3, -0.25) is 9.36 Å². The Hall–Kier alpha value is -1.02. The molecular formula is C52H103N2O6P. The van der Waals surface area contributed by atoms with Crippen molar-refractivity contribution in [2.45, 2.75) is 264 Å². The fraction of sp³-hybridized carbons (Fsp3) is 0.904. The zero-order chi connectivity index (χ0) is 45.0. The van der Waals surface area contributed by atoms with Gasteiger partial charge < -0.3 is 28.8 Å². The van der Waals surface area contributed by atoms with E-state index in [1.54, 1.807) is 0 Å². The van der Waals surface area contributed by atoms with E-state index in [9.17, 15) is 19.4 Å². The standard InChI is InChI=1S/C52H103N2O6P/c1-6-8-10-12-14-16-18-20-22-23-24-25-26-27-28-29-30-31-32-34-36-38-40-42-44-46-52(56)53-50(49-60-61(57,58)59-48-47-54(3,4)5)51(55)45-43-41-39-37-35-33-21-19-17-15-13-11-9-7-2/h18,20,23-24,50-51,55H,6-17,19,21-22,25-49H2,1-5H3,(H-,53,56,57,58)/b20-18-,24-23-. The molecule has 0 fully saturated rings. The predicted octanol–water partition coefficient (Wildman–Crippen LogP) is 14.6. The molecular weight excluding hydrogens is 780 g/mol. The monoisotopic (exact) mass is 883 g/mol. The highest BCUT2D eigenvalue weighted by molar-refractivity contribution is 7.45. The van der Waals surface area contributed by atoms with E-state index in [2.05, 4.69) is 43.5 Å². The third kappa shape index (κ3) is 46.8. The van der Waals surface area contributed by atoms with Gasteiger partial charge in [0.2, 0.25) is 5.91 Å². The van der Waals surface area contributed by atoms with Crippen molar-refractivity contribution in [2.75, 3.05) is 40.9 Å². The molecule has 0 bridgehead atoms. The first-order chi connectivity index (χ1) is 29.5. The van der Waals surface area contributed by atoms with Crippen LogP contribution in [0.2, 0.25) is 0 Å². The van der Waals surface area contributed by atoms with Gasteiger partial charge in [0.05, 0.1) is 39.9 Å². The summed E-state index contributed by atoms with van der Waals surface area (Å²) < 4.78 is 23.3. The third-order valence-electron chi connectivity index (χ3n) is 11.9. The minimum atomic E-state index is -4.57. The number of allylic oxidation sites excluding steroid dienone is 4. The average Bonchev–Trinajstić information content (AvgIpc) is 3.21. The van der Waals surface area contributed by atoms with Crippen LogP contribution in [0.5, 0.6) is 0 Å². The van der Waals surface area contributed by atoms with E-state index in [0.717, 1.165) is 44.9 Å². The Morgan fingerprint density at radius 3 is 1.36 bits per heavy atom. The van der Waals surface area contributed by atoms with E-state index in [-0.39, 0.29) is 19.1 Å². The lowest BCUT2D eigenvalue weighted by molar-refractivity contribution is -0.870. The van der Waals surface area contributed by atoms with Crippen LogP contribution in [0.25, 0.3) is 0 Å². The van der Waals surface area contributed by atoms with Crippen LogP contribution in [0.15, 0.2) is 24.3 Å². The van der Waals surface area contributed by atoms with Crippen molar-refractivity contribution in [2.24, 2.45) is 0 Å². The highest BCUT2D eigenvalue weighted by atomic mass is 31.2. The molecule has 0 rings (SSSR count). The van der Waals surface area contributed by atoms with Gasteiger partial charge in [0, 0.05) is 6.42 Å². The fourth-order valence-electron chi connectivity index (χ4n) is 7.78. The minimum Gasteiger partial charge on any atom is -0.756 e. The van der Waals surface area contributed by atoms with Gasteiger partial charge in [0.25, 0.3) is 7.82 Å². The largest absolute Gasteiger partial charge is 0.756 e. The molecule has 0 aromatic rings. The molecule has 3 unspecified atom stereocenters. The SMILES string of the molecule is CCCCCCC/C=C\C/C=C\CCCCCCCCCCCCCCCC(=O)NC(COP(=O)([O-])OCC[N+](C)(C)C)C(O)CCCCCCCCCCCCCCCC. The molecule has 0 saturated heterocycles. The molecule has 0 saturated carbocycles. The van der Waals surface area contributed by atoms with Gasteiger partial charge >= 0.3 is 0 Å². The maximum atomic E-state index is 12.9. The van der Waals surface area contributed by atoms with Gasteiger partial charge in [0.15, 0.2) is 0 Å². The van der Waals surface area contributed by atoms with Crippen LogP contribution >= 0.6 is 7.82 Å². The Morgan fingerprint density at radius 1 is 0.574 bits per heavy atom. The van der Waals surface area contributed by atoms with Crippen LogP contribution in [-0.2, 0) is 18.4 Å². The second-order valence-electron chi connectivity index (χ2n) is 19.2. The number of quaternary nitrogens is 1. The van der Waals surface area contributed by atoms with E-state index in [1.165, 1.54) is 180 Å². The van der Waals surface area contributed by atoms with Crippen LogP contribution in [0.4, 0.5) is 0 Å². The van der Waals surface area contributed by atoms with Crippen LogP contribution in [-0.4, -0.2) is 68.5 Å². The van der Waals surface area contributed by atoms with E-state index in [4.69, 9.17) is 9.05 Å². The molecule has 0 aliphatic heterocycles. The number of hydrogen-bond acceptors (Lipinski definition) is 6. The van der Waals surface area contributed by atoms with Crippen molar-refractivity contribution in [1.82, 2.24) is 5.32 Å². The number of nitrogens with zero attached hydrogens (tertiary/aromatic N) is 1. The predicted molar refractivity (Wildman–Crippen MR) is 261 cm³/mol. The molecule has 9 heteroatoms. The number of rotatable bonds is 48. The summed E-state index contributed by atoms with van der Waals surface area (Å²) in [7, 11) is 1.31. The normalized spacial score (nSPS) is 14.3.